The number of primary amides is 1. The van der Waals surface area contributed by atoms with E-state index in [4.69, 9.17) is 5.73 Å². The van der Waals surface area contributed by atoms with Crippen molar-refractivity contribution in [3.05, 3.63) is 18.0 Å². The number of amides is 1. The van der Waals surface area contributed by atoms with Crippen molar-refractivity contribution in [1.82, 2.24) is 15.3 Å². The summed E-state index contributed by atoms with van der Waals surface area (Å²) in [5.41, 5.74) is 5.92. The van der Waals surface area contributed by atoms with Crippen molar-refractivity contribution in [2.45, 2.75) is 50.7 Å². The van der Waals surface area contributed by atoms with Crippen LogP contribution in [0.2, 0.25) is 0 Å². The Balaban J connectivity index is 2.37. The molecule has 0 fully saturated rings. The van der Waals surface area contributed by atoms with Gasteiger partial charge in [-0.25, -0.2) is 9.97 Å². The maximum absolute atomic E-state index is 11.6. The van der Waals surface area contributed by atoms with Crippen molar-refractivity contribution in [2.24, 2.45) is 5.73 Å². The van der Waals surface area contributed by atoms with Gasteiger partial charge < -0.3 is 11.1 Å². The van der Waals surface area contributed by atoms with E-state index in [0.29, 0.717) is 0 Å². The summed E-state index contributed by atoms with van der Waals surface area (Å²) in [6, 6.07) is 0. The molecule has 0 aromatic carbocycles. The zero-order chi connectivity index (χ0) is 15.0. The van der Waals surface area contributed by atoms with E-state index in [1.165, 1.54) is 0 Å². The molecule has 1 heterocycles. The van der Waals surface area contributed by atoms with E-state index in [1.54, 1.807) is 11.8 Å². The number of nitrogens with one attached hydrogen (secondary N) is 1. The molecular weight excluding hydrogens is 272 g/mol. The first-order chi connectivity index (χ1) is 9.48. The molecule has 0 saturated carbocycles. The average Bonchev–Trinajstić information content (AvgIpc) is 2.43. The van der Waals surface area contributed by atoms with Crippen molar-refractivity contribution in [2.75, 3.05) is 12.3 Å². The van der Waals surface area contributed by atoms with Crippen LogP contribution in [0.5, 0.6) is 0 Å². The lowest BCUT2D eigenvalue weighted by Gasteiger charge is -2.27. The molecule has 1 amide bonds. The fourth-order valence-corrected chi connectivity index (χ4v) is 2.47. The molecule has 1 aromatic rings. The molecule has 5 nitrogen and oxygen atoms in total. The summed E-state index contributed by atoms with van der Waals surface area (Å²) in [5, 5.41) is 4.01. The Morgan fingerprint density at radius 2 is 2.10 bits per heavy atom. The Kier molecular flexibility index (Phi) is 6.95. The maximum Gasteiger partial charge on any atom is 0.237 e. The fraction of sp³-hybridized carbons (Fsp3) is 0.643. The minimum absolute atomic E-state index is 0.289. The maximum atomic E-state index is 11.6. The summed E-state index contributed by atoms with van der Waals surface area (Å²) in [4.78, 5) is 20.0. The monoisotopic (exact) mass is 296 g/mol. The number of hydrogen-bond acceptors (Lipinski definition) is 5. The molecule has 0 bridgehead atoms. The summed E-state index contributed by atoms with van der Waals surface area (Å²) in [6.07, 6.45) is 6.21. The molecule has 3 N–H and O–H groups in total. The van der Waals surface area contributed by atoms with E-state index in [1.807, 2.05) is 26.2 Å². The third kappa shape index (κ3) is 5.46. The SMILES string of the molecule is CCCNC(C)(CCCSc1ncc(C)cn1)C(N)=O. The molecular formula is C14H24N4OS. The highest BCUT2D eigenvalue weighted by atomic mass is 32.2. The highest BCUT2D eigenvalue weighted by Gasteiger charge is 2.29. The number of rotatable bonds is 9. The molecule has 1 rings (SSSR count). The molecule has 1 aromatic heterocycles. The number of aromatic nitrogens is 2. The Morgan fingerprint density at radius 1 is 1.45 bits per heavy atom. The van der Waals surface area contributed by atoms with Gasteiger partial charge >= 0.3 is 0 Å². The van der Waals surface area contributed by atoms with Crippen LogP contribution >= 0.6 is 11.8 Å². The van der Waals surface area contributed by atoms with Gasteiger partial charge in [-0.1, -0.05) is 18.7 Å². The molecule has 0 radical (unpaired) electrons. The highest BCUT2D eigenvalue weighted by molar-refractivity contribution is 7.99. The number of carbonyl (C=O) groups excluding carboxylic acids is 1. The van der Waals surface area contributed by atoms with Crippen LogP contribution in [-0.2, 0) is 4.79 Å². The largest absolute Gasteiger partial charge is 0.368 e. The van der Waals surface area contributed by atoms with E-state index >= 15 is 0 Å². The third-order valence-corrected chi connectivity index (χ3v) is 4.08. The Labute approximate surface area is 125 Å². The van der Waals surface area contributed by atoms with Crippen LogP contribution in [0.25, 0.3) is 0 Å². The van der Waals surface area contributed by atoms with Crippen molar-refractivity contribution >= 4 is 17.7 Å². The van der Waals surface area contributed by atoms with Crippen LogP contribution in [-0.4, -0.2) is 33.7 Å². The second-order valence-corrected chi connectivity index (χ2v) is 6.18. The minimum atomic E-state index is -0.620. The van der Waals surface area contributed by atoms with Crippen LogP contribution < -0.4 is 11.1 Å². The summed E-state index contributed by atoms with van der Waals surface area (Å²) < 4.78 is 0. The van der Waals surface area contributed by atoms with Gasteiger partial charge in [0.05, 0.1) is 5.54 Å². The van der Waals surface area contributed by atoms with Crippen LogP contribution in [0, 0.1) is 6.92 Å². The third-order valence-electron chi connectivity index (χ3n) is 3.12. The Hall–Kier alpha value is -1.14. The van der Waals surface area contributed by atoms with Gasteiger partial charge in [-0.05, 0) is 45.2 Å². The lowest BCUT2D eigenvalue weighted by Crippen LogP contribution is -2.53. The van der Waals surface area contributed by atoms with Crippen LogP contribution in [0.15, 0.2) is 17.6 Å². The summed E-state index contributed by atoms with van der Waals surface area (Å²) >= 11 is 1.60. The smallest absolute Gasteiger partial charge is 0.237 e. The second kappa shape index (κ2) is 8.21. The lowest BCUT2D eigenvalue weighted by molar-refractivity contribution is -0.124. The molecule has 0 aliphatic heterocycles. The molecule has 0 saturated heterocycles. The number of carbonyl (C=O) groups is 1. The normalized spacial score (nSPS) is 13.9. The standard InChI is InChI=1S/C14H24N4OS/c1-4-7-18-14(3,12(15)19)6-5-8-20-13-16-9-11(2)10-17-13/h9-10,18H,4-8H2,1-3H3,(H2,15,19). The number of nitrogens with zero attached hydrogens (tertiary/aromatic N) is 2. The van der Waals surface area contributed by atoms with E-state index in [2.05, 4.69) is 22.2 Å². The number of nitrogens with two attached hydrogens (primary N) is 1. The Morgan fingerprint density at radius 3 is 2.65 bits per heavy atom. The minimum Gasteiger partial charge on any atom is -0.368 e. The lowest BCUT2D eigenvalue weighted by atomic mass is 9.95. The number of aryl methyl sites for hydroxylation is 1. The zero-order valence-electron chi connectivity index (χ0n) is 12.5. The molecule has 0 aliphatic rings. The van der Waals surface area contributed by atoms with E-state index in [-0.39, 0.29) is 5.91 Å². The number of thioether (sulfide) groups is 1. The van der Waals surface area contributed by atoms with Crippen molar-refractivity contribution in [3.8, 4) is 0 Å². The number of hydrogen-bond donors (Lipinski definition) is 2. The highest BCUT2D eigenvalue weighted by Crippen LogP contribution is 2.18. The molecule has 0 spiro atoms. The van der Waals surface area contributed by atoms with Gasteiger partial charge in [-0.15, -0.1) is 0 Å². The van der Waals surface area contributed by atoms with E-state index < -0.39 is 5.54 Å². The van der Waals surface area contributed by atoms with Crippen LogP contribution in [0.4, 0.5) is 0 Å². The first kappa shape index (κ1) is 16.9. The molecule has 0 aliphatic carbocycles. The van der Waals surface area contributed by atoms with Gasteiger partial charge in [0, 0.05) is 18.1 Å². The van der Waals surface area contributed by atoms with Crippen molar-refractivity contribution in [1.29, 1.82) is 0 Å². The molecule has 20 heavy (non-hydrogen) atoms. The zero-order valence-corrected chi connectivity index (χ0v) is 13.3. The average molecular weight is 296 g/mol. The predicted octanol–water partition coefficient (Wildman–Crippen LogP) is 1.90. The molecule has 1 atom stereocenters. The van der Waals surface area contributed by atoms with Crippen molar-refractivity contribution < 1.29 is 4.79 Å². The summed E-state index contributed by atoms with van der Waals surface area (Å²) in [6.45, 7) is 6.71. The first-order valence-electron chi connectivity index (χ1n) is 6.94. The summed E-state index contributed by atoms with van der Waals surface area (Å²) in [5.74, 6) is 0.585. The fourth-order valence-electron chi connectivity index (χ4n) is 1.74. The van der Waals surface area contributed by atoms with E-state index in [9.17, 15) is 4.79 Å². The van der Waals surface area contributed by atoms with Gasteiger partial charge in [-0.2, -0.15) is 0 Å². The quantitative estimate of drug-likeness (QED) is 0.413. The van der Waals surface area contributed by atoms with Crippen LogP contribution in [0.3, 0.4) is 0 Å². The van der Waals surface area contributed by atoms with Crippen LogP contribution in [0.1, 0.15) is 38.7 Å². The topological polar surface area (TPSA) is 80.9 Å². The predicted molar refractivity (Wildman–Crippen MR) is 82.6 cm³/mol. The summed E-state index contributed by atoms with van der Waals surface area (Å²) in [7, 11) is 0. The van der Waals surface area contributed by atoms with E-state index in [0.717, 1.165) is 42.3 Å². The van der Waals surface area contributed by atoms with Gasteiger partial charge in [0.25, 0.3) is 0 Å². The van der Waals surface area contributed by atoms with Gasteiger partial charge in [-0.3, -0.25) is 4.79 Å². The second-order valence-electron chi connectivity index (χ2n) is 5.12. The molecule has 6 heteroatoms. The molecule has 1 unspecified atom stereocenters. The van der Waals surface area contributed by atoms with Gasteiger partial charge in [0.15, 0.2) is 5.16 Å². The first-order valence-corrected chi connectivity index (χ1v) is 7.93. The van der Waals surface area contributed by atoms with Gasteiger partial charge in [0.1, 0.15) is 0 Å². The van der Waals surface area contributed by atoms with Crippen molar-refractivity contribution in [3.63, 3.8) is 0 Å². The van der Waals surface area contributed by atoms with Gasteiger partial charge in [0.2, 0.25) is 5.91 Å². The Bertz CT molecular complexity index is 424. The molecule has 112 valence electrons.